The average Bonchev–Trinajstić information content (AvgIpc) is 2.55. The van der Waals surface area contributed by atoms with Gasteiger partial charge in [0.05, 0.1) is 54.4 Å². The first-order valence-electron chi connectivity index (χ1n) is 12.0. The van der Waals surface area contributed by atoms with Crippen molar-refractivity contribution in [1.29, 1.82) is 0 Å². The van der Waals surface area contributed by atoms with Crippen LogP contribution in [0, 0.1) is 0 Å². The van der Waals surface area contributed by atoms with Gasteiger partial charge >= 0.3 is 0 Å². The van der Waals surface area contributed by atoms with Gasteiger partial charge in [0.15, 0.2) is 0 Å². The lowest BCUT2D eigenvalue weighted by Crippen LogP contribution is -2.68. The molecule has 4 aliphatic rings. The molecule has 27 heavy (non-hydrogen) atoms. The molecule has 0 radical (unpaired) electrons. The standard InChI is InChI=1S/C23H46N4/c1-26(2)20-10-8-11-21(26)17-24(16-20)14-6-5-7-15-25-18-22-12-9-13-23(19-25)27(22,3)4/h20-23H,5-19H2,1-4H3/q+2. The van der Waals surface area contributed by atoms with Crippen molar-refractivity contribution in [2.75, 3.05) is 67.5 Å². The lowest BCUT2D eigenvalue weighted by atomic mass is 9.89. The van der Waals surface area contributed by atoms with Crippen LogP contribution in [-0.2, 0) is 0 Å². The highest BCUT2D eigenvalue weighted by Gasteiger charge is 2.46. The highest BCUT2D eigenvalue weighted by Crippen LogP contribution is 2.34. The van der Waals surface area contributed by atoms with Crippen LogP contribution in [0.4, 0.5) is 0 Å². The summed E-state index contributed by atoms with van der Waals surface area (Å²) in [6.45, 7) is 8.11. The Balaban J connectivity index is 1.15. The third-order valence-electron chi connectivity index (χ3n) is 9.24. The number of likely N-dealkylation sites (tertiary alicyclic amines) is 2. The molecule has 0 spiro atoms. The summed E-state index contributed by atoms with van der Waals surface area (Å²) in [6.07, 6.45) is 13.0. The highest BCUT2D eigenvalue weighted by molar-refractivity contribution is 4.84. The van der Waals surface area contributed by atoms with Crippen LogP contribution in [0.5, 0.6) is 0 Å². The van der Waals surface area contributed by atoms with Crippen molar-refractivity contribution in [3.8, 4) is 0 Å². The van der Waals surface area contributed by atoms with E-state index < -0.39 is 0 Å². The number of rotatable bonds is 6. The number of piperidine rings is 2. The van der Waals surface area contributed by atoms with Crippen molar-refractivity contribution >= 4 is 0 Å². The van der Waals surface area contributed by atoms with Crippen LogP contribution in [0.2, 0.25) is 0 Å². The van der Waals surface area contributed by atoms with Gasteiger partial charge in [-0.25, -0.2) is 0 Å². The Morgan fingerprint density at radius 3 is 1.22 bits per heavy atom. The molecular formula is C23H46N4+2. The van der Waals surface area contributed by atoms with E-state index in [0.29, 0.717) is 0 Å². The van der Waals surface area contributed by atoms with Gasteiger partial charge in [0.25, 0.3) is 0 Å². The van der Waals surface area contributed by atoms with E-state index in [1.54, 1.807) is 0 Å². The summed E-state index contributed by atoms with van der Waals surface area (Å²) in [5.74, 6) is 0. The fourth-order valence-corrected chi connectivity index (χ4v) is 6.87. The summed E-state index contributed by atoms with van der Waals surface area (Å²) < 4.78 is 2.59. The summed E-state index contributed by atoms with van der Waals surface area (Å²) >= 11 is 0. The SMILES string of the molecule is C[N+]1(C)C2CCCC1CN(CCCCCN1CC3CCCC(C1)[N+]3(C)C)C2. The molecule has 4 heterocycles. The van der Waals surface area contributed by atoms with E-state index in [9.17, 15) is 0 Å². The zero-order valence-electron chi connectivity index (χ0n) is 18.7. The molecule has 0 N–H and O–H groups in total. The lowest BCUT2D eigenvalue weighted by molar-refractivity contribution is -0.948. The number of fused-ring (bicyclic) bond motifs is 4. The summed E-state index contributed by atoms with van der Waals surface area (Å²) in [7, 11) is 9.94. The Morgan fingerprint density at radius 2 is 0.889 bits per heavy atom. The maximum Gasteiger partial charge on any atom is 0.102 e. The van der Waals surface area contributed by atoms with Crippen molar-refractivity contribution in [1.82, 2.24) is 9.80 Å². The Morgan fingerprint density at radius 1 is 0.556 bits per heavy atom. The first-order valence-corrected chi connectivity index (χ1v) is 12.0. The third-order valence-corrected chi connectivity index (χ3v) is 9.24. The number of hydrogen-bond donors (Lipinski definition) is 0. The minimum Gasteiger partial charge on any atom is -0.322 e. The van der Waals surface area contributed by atoms with Gasteiger partial charge in [0.1, 0.15) is 24.2 Å². The Kier molecular flexibility index (Phi) is 5.91. The van der Waals surface area contributed by atoms with Crippen LogP contribution in [-0.4, -0.2) is 110 Å². The topological polar surface area (TPSA) is 6.48 Å². The third kappa shape index (κ3) is 4.10. The molecule has 0 aliphatic carbocycles. The molecule has 0 aromatic carbocycles. The Labute approximate surface area is 168 Å². The van der Waals surface area contributed by atoms with Crippen molar-refractivity contribution in [3.63, 3.8) is 0 Å². The predicted molar refractivity (Wildman–Crippen MR) is 114 cm³/mol. The van der Waals surface area contributed by atoms with Gasteiger partial charge in [-0.15, -0.1) is 0 Å². The fraction of sp³-hybridized carbons (Fsp3) is 1.00. The molecule has 4 aliphatic heterocycles. The summed E-state index contributed by atoms with van der Waals surface area (Å²) in [5, 5.41) is 0. The largest absolute Gasteiger partial charge is 0.322 e. The monoisotopic (exact) mass is 378 g/mol. The van der Waals surface area contributed by atoms with E-state index in [0.717, 1.165) is 24.2 Å². The second-order valence-electron chi connectivity index (χ2n) is 11.3. The maximum atomic E-state index is 2.81. The van der Waals surface area contributed by atoms with E-state index >= 15 is 0 Å². The maximum absolute atomic E-state index is 2.81. The number of piperazine rings is 2. The Bertz CT molecular complexity index is 427. The van der Waals surface area contributed by atoms with Crippen molar-refractivity contribution in [3.05, 3.63) is 0 Å². The van der Waals surface area contributed by atoms with E-state index in [1.807, 2.05) is 0 Å². The molecule has 4 fully saturated rings. The van der Waals surface area contributed by atoms with Gasteiger partial charge in [-0.3, -0.25) is 9.80 Å². The number of nitrogens with zero attached hydrogens (tertiary/aromatic N) is 4. The van der Waals surface area contributed by atoms with E-state index in [2.05, 4.69) is 38.0 Å². The van der Waals surface area contributed by atoms with Crippen LogP contribution in [0.25, 0.3) is 0 Å². The zero-order valence-corrected chi connectivity index (χ0v) is 18.7. The number of hydrogen-bond acceptors (Lipinski definition) is 2. The molecule has 4 atom stereocenters. The normalized spacial score (nSPS) is 38.7. The molecule has 4 unspecified atom stereocenters. The molecule has 4 heteroatoms. The van der Waals surface area contributed by atoms with Crippen molar-refractivity contribution < 1.29 is 8.97 Å². The molecule has 4 saturated heterocycles. The quantitative estimate of drug-likeness (QED) is 0.518. The van der Waals surface area contributed by atoms with Gasteiger partial charge in [-0.05, 0) is 38.8 Å². The fourth-order valence-electron chi connectivity index (χ4n) is 6.87. The summed E-state index contributed by atoms with van der Waals surface area (Å²) in [5.41, 5.74) is 0. The molecule has 4 bridgehead atoms. The van der Waals surface area contributed by atoms with Gasteiger partial charge in [0.2, 0.25) is 0 Å². The van der Waals surface area contributed by atoms with Gasteiger partial charge in [0, 0.05) is 25.7 Å². The minimum atomic E-state index is 0.895. The van der Waals surface area contributed by atoms with Crippen LogP contribution in [0.15, 0.2) is 0 Å². The first-order chi connectivity index (χ1) is 12.9. The van der Waals surface area contributed by atoms with Crippen LogP contribution in [0.1, 0.15) is 57.8 Å². The van der Waals surface area contributed by atoms with Crippen LogP contribution < -0.4 is 0 Å². The summed E-state index contributed by atoms with van der Waals surface area (Å²) in [6, 6.07) is 3.58. The molecule has 4 rings (SSSR count). The molecule has 156 valence electrons. The molecule has 0 amide bonds. The van der Waals surface area contributed by atoms with E-state index in [-0.39, 0.29) is 0 Å². The van der Waals surface area contributed by atoms with Crippen molar-refractivity contribution in [2.45, 2.75) is 82.0 Å². The second kappa shape index (κ2) is 7.93. The first kappa shape index (κ1) is 20.1. The molecule has 0 aromatic heterocycles. The zero-order chi connectivity index (χ0) is 19.1. The number of unbranched alkanes of at least 4 members (excludes halogenated alkanes) is 2. The van der Waals surface area contributed by atoms with Gasteiger partial charge in [-0.2, -0.15) is 0 Å². The number of likely N-dealkylation sites (N-methyl/N-ethyl adjacent to an activating group) is 2. The molecule has 0 saturated carbocycles. The van der Waals surface area contributed by atoms with Crippen LogP contribution >= 0.6 is 0 Å². The van der Waals surface area contributed by atoms with E-state index in [4.69, 9.17) is 0 Å². The summed E-state index contributed by atoms with van der Waals surface area (Å²) in [4.78, 5) is 5.62. The Hall–Kier alpha value is -0.160. The molecular weight excluding hydrogens is 332 g/mol. The van der Waals surface area contributed by atoms with Crippen molar-refractivity contribution in [2.24, 2.45) is 0 Å². The minimum absolute atomic E-state index is 0.895. The predicted octanol–water partition coefficient (Wildman–Crippen LogP) is 2.78. The van der Waals surface area contributed by atoms with Gasteiger partial charge < -0.3 is 8.97 Å². The lowest BCUT2D eigenvalue weighted by Gasteiger charge is -2.54. The number of quaternary nitrogens is 2. The van der Waals surface area contributed by atoms with Gasteiger partial charge in [-0.1, -0.05) is 6.42 Å². The molecule has 0 aromatic rings. The van der Waals surface area contributed by atoms with E-state index in [1.165, 1.54) is 106 Å². The van der Waals surface area contributed by atoms with Crippen LogP contribution in [0.3, 0.4) is 0 Å². The smallest absolute Gasteiger partial charge is 0.102 e. The second-order valence-corrected chi connectivity index (χ2v) is 11.3. The average molecular weight is 379 g/mol. The molecule has 4 nitrogen and oxygen atoms in total. The highest BCUT2D eigenvalue weighted by atomic mass is 15.4.